The SMILES string of the molecule is O=C(O)c1ccccc1Nc1c(S)cnc2ccc(-c3cn([SH](=O)=O)c4ncccc34)cc12. The van der Waals surface area contributed by atoms with Crippen molar-refractivity contribution < 1.29 is 18.3 Å². The minimum absolute atomic E-state index is 0.125. The van der Waals surface area contributed by atoms with Gasteiger partial charge < -0.3 is 10.4 Å². The highest BCUT2D eigenvalue weighted by atomic mass is 32.2. The zero-order valence-electron chi connectivity index (χ0n) is 16.8. The van der Waals surface area contributed by atoms with Crippen LogP contribution in [-0.4, -0.2) is 33.4 Å². The average molecular weight is 477 g/mol. The smallest absolute Gasteiger partial charge is 0.337 e. The molecule has 0 saturated carbocycles. The van der Waals surface area contributed by atoms with Crippen LogP contribution in [0.1, 0.15) is 10.4 Å². The van der Waals surface area contributed by atoms with Crippen LogP contribution in [0.3, 0.4) is 0 Å². The zero-order chi connectivity index (χ0) is 23.1. The summed E-state index contributed by atoms with van der Waals surface area (Å²) in [6, 6.07) is 15.7. The Morgan fingerprint density at radius 2 is 1.85 bits per heavy atom. The van der Waals surface area contributed by atoms with E-state index in [4.69, 9.17) is 0 Å². The fraction of sp³-hybridized carbons (Fsp3) is 0. The second-order valence-electron chi connectivity index (χ2n) is 7.23. The van der Waals surface area contributed by atoms with E-state index in [2.05, 4.69) is 27.9 Å². The molecule has 2 N–H and O–H groups in total. The second kappa shape index (κ2) is 8.23. The summed E-state index contributed by atoms with van der Waals surface area (Å²) in [4.78, 5) is 20.8. The van der Waals surface area contributed by atoms with E-state index >= 15 is 0 Å². The van der Waals surface area contributed by atoms with Crippen LogP contribution in [0.15, 0.2) is 78.1 Å². The summed E-state index contributed by atoms with van der Waals surface area (Å²) in [6.07, 6.45) is 4.67. The van der Waals surface area contributed by atoms with E-state index in [0.717, 1.165) is 9.54 Å². The summed E-state index contributed by atoms with van der Waals surface area (Å²) in [6.45, 7) is 0. The van der Waals surface area contributed by atoms with Gasteiger partial charge in [-0.25, -0.2) is 22.2 Å². The normalized spacial score (nSPS) is 11.3. The van der Waals surface area contributed by atoms with Crippen molar-refractivity contribution in [2.75, 3.05) is 5.32 Å². The lowest BCUT2D eigenvalue weighted by Gasteiger charge is -2.14. The quantitative estimate of drug-likeness (QED) is 0.279. The van der Waals surface area contributed by atoms with Gasteiger partial charge in [-0.1, -0.05) is 18.2 Å². The molecule has 0 bridgehead atoms. The van der Waals surface area contributed by atoms with Gasteiger partial charge in [0.25, 0.3) is 0 Å². The third kappa shape index (κ3) is 3.69. The van der Waals surface area contributed by atoms with Crippen LogP contribution in [0.4, 0.5) is 11.4 Å². The number of rotatable bonds is 5. The number of anilines is 2. The van der Waals surface area contributed by atoms with Gasteiger partial charge in [0, 0.05) is 39.8 Å². The van der Waals surface area contributed by atoms with Gasteiger partial charge in [-0.2, -0.15) is 0 Å². The van der Waals surface area contributed by atoms with Gasteiger partial charge in [0.1, 0.15) is 0 Å². The largest absolute Gasteiger partial charge is 0.478 e. The van der Waals surface area contributed by atoms with E-state index in [1.165, 1.54) is 12.3 Å². The summed E-state index contributed by atoms with van der Waals surface area (Å²) >= 11 is 4.54. The molecule has 164 valence electrons. The lowest BCUT2D eigenvalue weighted by atomic mass is 10.0. The van der Waals surface area contributed by atoms with E-state index in [1.807, 2.05) is 24.3 Å². The number of carboxylic acid groups (broad SMARTS) is 1. The Morgan fingerprint density at radius 1 is 1.03 bits per heavy atom. The Bertz CT molecular complexity index is 1630. The van der Waals surface area contributed by atoms with E-state index in [1.54, 1.807) is 36.7 Å². The highest BCUT2D eigenvalue weighted by Crippen LogP contribution is 2.37. The molecule has 0 amide bonds. The van der Waals surface area contributed by atoms with E-state index < -0.39 is 16.9 Å². The van der Waals surface area contributed by atoms with Crippen LogP contribution in [0.25, 0.3) is 33.1 Å². The fourth-order valence-electron chi connectivity index (χ4n) is 3.79. The van der Waals surface area contributed by atoms with Gasteiger partial charge in [-0.3, -0.25) is 4.98 Å². The lowest BCUT2D eigenvalue weighted by molar-refractivity contribution is 0.0698. The first-order valence-electron chi connectivity index (χ1n) is 9.76. The molecule has 5 rings (SSSR count). The summed E-state index contributed by atoms with van der Waals surface area (Å²) in [7, 11) is -2.89. The molecule has 3 heterocycles. The minimum atomic E-state index is -2.89. The number of aromatic nitrogens is 3. The molecule has 0 atom stereocenters. The number of nitrogens with one attached hydrogen (secondary N) is 1. The summed E-state index contributed by atoms with van der Waals surface area (Å²) in [5.41, 5.74) is 3.60. The predicted molar refractivity (Wildman–Crippen MR) is 130 cm³/mol. The maximum Gasteiger partial charge on any atom is 0.337 e. The first kappa shape index (κ1) is 21.0. The number of thiol groups is 2. The maximum absolute atomic E-state index is 11.7. The van der Waals surface area contributed by atoms with Crippen LogP contribution in [0.5, 0.6) is 0 Å². The number of carbonyl (C=O) groups is 1. The van der Waals surface area contributed by atoms with Crippen molar-refractivity contribution in [3.8, 4) is 11.1 Å². The van der Waals surface area contributed by atoms with E-state index in [-0.39, 0.29) is 5.56 Å². The van der Waals surface area contributed by atoms with Crippen LogP contribution in [0, 0.1) is 0 Å². The number of hydrogen-bond acceptors (Lipinski definition) is 7. The van der Waals surface area contributed by atoms with Gasteiger partial charge in [-0.15, -0.1) is 12.6 Å². The van der Waals surface area contributed by atoms with Crippen LogP contribution in [-0.2, 0) is 10.9 Å². The Morgan fingerprint density at radius 3 is 2.64 bits per heavy atom. The van der Waals surface area contributed by atoms with Crippen LogP contribution < -0.4 is 5.32 Å². The average Bonchev–Trinajstić information content (AvgIpc) is 3.21. The van der Waals surface area contributed by atoms with Crippen molar-refractivity contribution in [2.24, 2.45) is 0 Å². The standard InChI is InChI=1S/C23H16N4O4S2/c28-23(29)15-4-1-2-6-19(15)26-21-16-10-13(7-8-18(16)25-11-20(21)32)17-12-27(33(30)31)22-14(17)5-3-9-24-22/h1-12,32-33H,(H,25,26)(H,28,29). The molecule has 0 saturated heterocycles. The second-order valence-corrected chi connectivity index (χ2v) is 8.61. The summed E-state index contributed by atoms with van der Waals surface area (Å²) in [5, 5.41) is 14.1. The van der Waals surface area contributed by atoms with Gasteiger partial charge in [0.15, 0.2) is 5.65 Å². The molecular weight excluding hydrogens is 460 g/mol. The van der Waals surface area contributed by atoms with Crippen molar-refractivity contribution >= 4 is 62.8 Å². The molecule has 3 aromatic heterocycles. The minimum Gasteiger partial charge on any atom is -0.478 e. The number of fused-ring (bicyclic) bond motifs is 2. The molecular formula is C23H16N4O4S2. The topological polar surface area (TPSA) is 114 Å². The number of pyridine rings is 2. The molecule has 10 heteroatoms. The molecule has 0 aliphatic rings. The molecule has 33 heavy (non-hydrogen) atoms. The highest BCUT2D eigenvalue weighted by Gasteiger charge is 2.16. The number of benzene rings is 2. The van der Waals surface area contributed by atoms with E-state index in [9.17, 15) is 18.3 Å². The molecule has 0 aliphatic carbocycles. The number of hydrogen-bond donors (Lipinski definition) is 4. The predicted octanol–water partition coefficient (Wildman–Crippen LogP) is 4.36. The maximum atomic E-state index is 11.7. The molecule has 8 nitrogen and oxygen atoms in total. The number of nitrogens with zero attached hydrogens (tertiary/aromatic N) is 3. The highest BCUT2D eigenvalue weighted by molar-refractivity contribution is 7.80. The molecule has 0 fully saturated rings. The zero-order valence-corrected chi connectivity index (χ0v) is 18.6. The Kier molecular flexibility index (Phi) is 5.23. The van der Waals surface area contributed by atoms with E-state index in [0.29, 0.717) is 43.8 Å². The van der Waals surface area contributed by atoms with Crippen molar-refractivity contribution in [1.82, 2.24) is 13.9 Å². The Hall–Kier alpha value is -3.89. The molecule has 0 aliphatic heterocycles. The summed E-state index contributed by atoms with van der Waals surface area (Å²) < 4.78 is 24.6. The first-order chi connectivity index (χ1) is 15.9. The molecule has 2 aromatic carbocycles. The van der Waals surface area contributed by atoms with Gasteiger partial charge in [0.2, 0.25) is 10.9 Å². The third-order valence-electron chi connectivity index (χ3n) is 5.30. The third-order valence-corrected chi connectivity index (χ3v) is 6.29. The Balaban J connectivity index is 1.72. The first-order valence-corrected chi connectivity index (χ1v) is 11.3. The number of para-hydroxylation sites is 1. The Labute approximate surface area is 195 Å². The van der Waals surface area contributed by atoms with Gasteiger partial charge in [-0.05, 0) is 42.0 Å². The van der Waals surface area contributed by atoms with Crippen LogP contribution >= 0.6 is 12.6 Å². The van der Waals surface area contributed by atoms with Gasteiger partial charge in [0.05, 0.1) is 22.5 Å². The van der Waals surface area contributed by atoms with Crippen molar-refractivity contribution in [3.05, 3.63) is 78.8 Å². The fourth-order valence-corrected chi connectivity index (χ4v) is 4.55. The van der Waals surface area contributed by atoms with Gasteiger partial charge >= 0.3 is 5.97 Å². The number of aromatic carboxylic acids is 1. The molecule has 0 radical (unpaired) electrons. The van der Waals surface area contributed by atoms with Crippen molar-refractivity contribution in [2.45, 2.75) is 4.90 Å². The van der Waals surface area contributed by atoms with Crippen molar-refractivity contribution in [3.63, 3.8) is 0 Å². The molecule has 0 spiro atoms. The van der Waals surface area contributed by atoms with Crippen LogP contribution in [0.2, 0.25) is 0 Å². The molecule has 0 unspecified atom stereocenters. The van der Waals surface area contributed by atoms with Crippen molar-refractivity contribution in [1.29, 1.82) is 0 Å². The lowest BCUT2D eigenvalue weighted by Crippen LogP contribution is -2.03. The summed E-state index contributed by atoms with van der Waals surface area (Å²) in [5.74, 6) is -1.05. The monoisotopic (exact) mass is 476 g/mol. The molecule has 5 aromatic rings. The number of carboxylic acids is 1.